The summed E-state index contributed by atoms with van der Waals surface area (Å²) >= 11 is 0. The summed E-state index contributed by atoms with van der Waals surface area (Å²) < 4.78 is 20.4. The number of halogens is 1. The van der Waals surface area contributed by atoms with E-state index in [1.54, 1.807) is 12.1 Å². The van der Waals surface area contributed by atoms with E-state index in [-0.39, 0.29) is 17.4 Å². The molecule has 1 saturated carbocycles. The van der Waals surface area contributed by atoms with E-state index in [1.165, 1.54) is 19.2 Å². The van der Waals surface area contributed by atoms with Gasteiger partial charge in [-0.25, -0.2) is 14.4 Å². The molecule has 1 aromatic carbocycles. The number of anilines is 2. The predicted octanol–water partition coefficient (Wildman–Crippen LogP) is 4.71. The normalized spacial score (nSPS) is 15.4. The largest absolute Gasteiger partial charge is 0.436 e. The van der Waals surface area contributed by atoms with Crippen molar-refractivity contribution >= 4 is 17.7 Å². The van der Waals surface area contributed by atoms with Gasteiger partial charge >= 0.3 is 0 Å². The van der Waals surface area contributed by atoms with Crippen LogP contribution >= 0.6 is 0 Å². The van der Waals surface area contributed by atoms with E-state index in [4.69, 9.17) is 4.74 Å². The number of hydrogen-bond donors (Lipinski definition) is 2. The summed E-state index contributed by atoms with van der Waals surface area (Å²) in [4.78, 5) is 8.26. The summed E-state index contributed by atoms with van der Waals surface area (Å²) in [6.45, 7) is 1.99. The van der Waals surface area contributed by atoms with Crippen molar-refractivity contribution in [1.29, 1.82) is 0 Å². The molecule has 3 aromatic rings. The van der Waals surface area contributed by atoms with Gasteiger partial charge in [0.25, 0.3) is 0 Å². The minimum absolute atomic E-state index is 0.153. The fourth-order valence-electron chi connectivity index (χ4n) is 3.31. The quantitative estimate of drug-likeness (QED) is 0.686. The molecule has 0 bridgehead atoms. The Bertz CT molecular complexity index is 1050. The van der Waals surface area contributed by atoms with Gasteiger partial charge in [-0.3, -0.25) is 5.10 Å². The highest BCUT2D eigenvalue weighted by atomic mass is 19.1. The second-order valence-corrected chi connectivity index (χ2v) is 7.07. The van der Waals surface area contributed by atoms with Crippen LogP contribution in [0.2, 0.25) is 0 Å². The van der Waals surface area contributed by atoms with Crippen LogP contribution in [0.15, 0.2) is 36.2 Å². The van der Waals surface area contributed by atoms with E-state index in [9.17, 15) is 4.39 Å². The average molecular weight is 363 g/mol. The number of nitrogens with zero attached hydrogens (tertiary/aromatic N) is 3. The maximum atomic E-state index is 14.7. The summed E-state index contributed by atoms with van der Waals surface area (Å²) in [7, 11) is 0. The number of nitrogens with one attached hydrogen (secondary N) is 2. The number of aromatic amines is 1. The Morgan fingerprint density at radius 3 is 2.93 bits per heavy atom. The predicted molar refractivity (Wildman–Crippen MR) is 99.7 cm³/mol. The SMILES string of the molecule is CC1=Cc2c(ccc(Oc3cc(Nc4cc(C5CC5)[nH]n4)ncn3)c2F)C1. The van der Waals surface area contributed by atoms with Crippen molar-refractivity contribution in [3.8, 4) is 11.6 Å². The third kappa shape index (κ3) is 3.16. The molecule has 0 saturated heterocycles. The van der Waals surface area contributed by atoms with Gasteiger partial charge in [-0.1, -0.05) is 17.7 Å². The first-order chi connectivity index (χ1) is 13.2. The van der Waals surface area contributed by atoms with Crippen molar-refractivity contribution in [1.82, 2.24) is 20.2 Å². The molecule has 7 heteroatoms. The summed E-state index contributed by atoms with van der Waals surface area (Å²) in [5.74, 6) is 1.87. The number of rotatable bonds is 5. The third-order valence-electron chi connectivity index (χ3n) is 4.82. The first-order valence-electron chi connectivity index (χ1n) is 8.96. The standard InChI is InChI=1S/C20H18FN5O/c1-11-6-13-4-5-16(20(21)14(13)7-11)27-19-9-17(22-10-23-19)24-18-8-15(25-26-18)12-2-3-12/h4-5,7-10,12H,2-3,6H2,1H3,(H2,22,23,24,25,26). The highest BCUT2D eigenvalue weighted by Gasteiger charge is 2.25. The van der Waals surface area contributed by atoms with Crippen molar-refractivity contribution in [2.75, 3.05) is 5.32 Å². The van der Waals surface area contributed by atoms with Crippen molar-refractivity contribution in [2.24, 2.45) is 0 Å². The zero-order valence-electron chi connectivity index (χ0n) is 14.8. The average Bonchev–Trinajstić information content (AvgIpc) is 3.28. The Balaban J connectivity index is 1.35. The Morgan fingerprint density at radius 1 is 1.19 bits per heavy atom. The van der Waals surface area contributed by atoms with Gasteiger partial charge in [0.2, 0.25) is 5.88 Å². The zero-order valence-corrected chi connectivity index (χ0v) is 14.8. The first-order valence-corrected chi connectivity index (χ1v) is 8.96. The molecule has 0 unspecified atom stereocenters. The number of benzene rings is 1. The lowest BCUT2D eigenvalue weighted by atomic mass is 10.1. The number of fused-ring (bicyclic) bond motifs is 1. The van der Waals surface area contributed by atoms with Crippen LogP contribution in [0.5, 0.6) is 11.6 Å². The molecule has 2 heterocycles. The third-order valence-corrected chi connectivity index (χ3v) is 4.82. The summed E-state index contributed by atoms with van der Waals surface area (Å²) in [6.07, 6.45) is 6.42. The Labute approximate surface area is 155 Å². The number of ether oxygens (including phenoxy) is 1. The topological polar surface area (TPSA) is 75.7 Å². The lowest BCUT2D eigenvalue weighted by Crippen LogP contribution is -1.98. The molecular weight excluding hydrogens is 345 g/mol. The maximum absolute atomic E-state index is 14.7. The Hall–Kier alpha value is -3.22. The van der Waals surface area contributed by atoms with Crippen molar-refractivity contribution in [3.63, 3.8) is 0 Å². The molecule has 0 radical (unpaired) electrons. The zero-order chi connectivity index (χ0) is 18.4. The van der Waals surface area contributed by atoms with Gasteiger partial charge in [-0.2, -0.15) is 5.10 Å². The highest BCUT2D eigenvalue weighted by molar-refractivity contribution is 5.65. The molecule has 136 valence electrons. The summed E-state index contributed by atoms with van der Waals surface area (Å²) in [5.41, 5.74) is 3.85. The van der Waals surface area contributed by atoms with Crippen LogP contribution in [0, 0.1) is 5.82 Å². The molecule has 2 aromatic heterocycles. The summed E-state index contributed by atoms with van der Waals surface area (Å²) in [6, 6.07) is 7.14. The molecule has 0 aliphatic heterocycles. The molecule has 27 heavy (non-hydrogen) atoms. The van der Waals surface area contributed by atoms with E-state index < -0.39 is 0 Å². The molecule has 0 amide bonds. The van der Waals surface area contributed by atoms with Crippen molar-refractivity contribution < 1.29 is 9.13 Å². The monoisotopic (exact) mass is 363 g/mol. The van der Waals surface area contributed by atoms with Crippen LogP contribution in [0.25, 0.3) is 6.08 Å². The number of hydrogen-bond acceptors (Lipinski definition) is 5. The lowest BCUT2D eigenvalue weighted by Gasteiger charge is -2.09. The molecule has 1 fully saturated rings. The van der Waals surface area contributed by atoms with E-state index in [0.29, 0.717) is 23.1 Å². The van der Waals surface area contributed by atoms with E-state index in [0.717, 1.165) is 23.3 Å². The van der Waals surface area contributed by atoms with Gasteiger partial charge in [-0.05, 0) is 37.8 Å². The highest BCUT2D eigenvalue weighted by Crippen LogP contribution is 2.39. The van der Waals surface area contributed by atoms with Crippen molar-refractivity contribution in [2.45, 2.75) is 32.1 Å². The second kappa shape index (κ2) is 6.19. The summed E-state index contributed by atoms with van der Waals surface area (Å²) in [5, 5.41) is 10.4. The van der Waals surface area contributed by atoms with Crippen molar-refractivity contribution in [3.05, 3.63) is 58.8 Å². The fraction of sp³-hybridized carbons (Fsp3) is 0.250. The van der Waals surface area contributed by atoms with Crippen LogP contribution in [0.1, 0.15) is 42.5 Å². The molecular formula is C20H18FN5O. The van der Waals surface area contributed by atoms with Crippen LogP contribution in [-0.2, 0) is 6.42 Å². The maximum Gasteiger partial charge on any atom is 0.224 e. The number of H-pyrrole nitrogens is 1. The Morgan fingerprint density at radius 2 is 2.07 bits per heavy atom. The molecule has 6 nitrogen and oxygen atoms in total. The fourth-order valence-corrected chi connectivity index (χ4v) is 3.31. The second-order valence-electron chi connectivity index (χ2n) is 7.07. The van der Waals surface area contributed by atoms with E-state index in [1.807, 2.05) is 25.1 Å². The van der Waals surface area contributed by atoms with E-state index in [2.05, 4.69) is 25.5 Å². The van der Waals surface area contributed by atoms with Crippen LogP contribution in [0.3, 0.4) is 0 Å². The van der Waals surface area contributed by atoms with Crippen LogP contribution in [-0.4, -0.2) is 20.2 Å². The molecule has 2 N–H and O–H groups in total. The van der Waals surface area contributed by atoms with Gasteiger partial charge in [0.15, 0.2) is 17.4 Å². The first kappa shape index (κ1) is 16.0. The minimum Gasteiger partial charge on any atom is -0.436 e. The molecule has 5 rings (SSSR count). The minimum atomic E-state index is -0.362. The number of allylic oxidation sites excluding steroid dienone is 1. The van der Waals surface area contributed by atoms with Crippen LogP contribution < -0.4 is 10.1 Å². The number of aromatic nitrogens is 4. The van der Waals surface area contributed by atoms with Gasteiger partial charge in [-0.15, -0.1) is 0 Å². The molecule has 2 aliphatic rings. The van der Waals surface area contributed by atoms with E-state index >= 15 is 0 Å². The van der Waals surface area contributed by atoms with Gasteiger partial charge in [0.05, 0.1) is 0 Å². The molecule has 0 spiro atoms. The lowest BCUT2D eigenvalue weighted by molar-refractivity contribution is 0.426. The Kier molecular flexibility index (Phi) is 3.67. The smallest absolute Gasteiger partial charge is 0.224 e. The van der Waals surface area contributed by atoms with Crippen LogP contribution in [0.4, 0.5) is 16.0 Å². The van der Waals surface area contributed by atoms with Gasteiger partial charge in [0, 0.05) is 29.3 Å². The molecule has 2 aliphatic carbocycles. The van der Waals surface area contributed by atoms with Gasteiger partial charge in [0.1, 0.15) is 12.1 Å². The molecule has 0 atom stereocenters. The van der Waals surface area contributed by atoms with Gasteiger partial charge < -0.3 is 10.1 Å².